The second-order valence-electron chi connectivity index (χ2n) is 8.76. The summed E-state index contributed by atoms with van der Waals surface area (Å²) < 4.78 is 27.6. The maximum Gasteiger partial charge on any atom is 0.225 e. The van der Waals surface area contributed by atoms with Gasteiger partial charge in [0.05, 0.1) is 29.3 Å². The lowest BCUT2D eigenvalue weighted by molar-refractivity contribution is -0.131. The molecule has 2 aromatic heterocycles. The van der Waals surface area contributed by atoms with Crippen molar-refractivity contribution in [3.63, 3.8) is 0 Å². The van der Waals surface area contributed by atoms with Gasteiger partial charge in [0, 0.05) is 48.2 Å². The number of carbonyl (C=O) groups is 1. The lowest BCUT2D eigenvalue weighted by Gasteiger charge is -2.27. The largest absolute Gasteiger partial charge is 0.352 e. The molecule has 5 rings (SSSR count). The summed E-state index contributed by atoms with van der Waals surface area (Å²) in [6.07, 6.45) is 2.10. The highest BCUT2D eigenvalue weighted by molar-refractivity contribution is 7.91. The van der Waals surface area contributed by atoms with E-state index in [9.17, 15) is 13.2 Å². The minimum Gasteiger partial charge on any atom is -0.352 e. The Labute approximate surface area is 203 Å². The van der Waals surface area contributed by atoms with Gasteiger partial charge in [0.2, 0.25) is 5.91 Å². The molecule has 0 aliphatic carbocycles. The van der Waals surface area contributed by atoms with Crippen molar-refractivity contribution in [1.29, 1.82) is 0 Å². The Morgan fingerprint density at radius 3 is 2.47 bits per heavy atom. The molecule has 0 radical (unpaired) electrons. The lowest BCUT2D eigenvalue weighted by atomic mass is 10.0. The number of nitrogens with zero attached hydrogens (tertiary/aromatic N) is 6. The molecule has 178 valence electrons. The van der Waals surface area contributed by atoms with Crippen LogP contribution < -0.4 is 0 Å². The number of aliphatic imine (C=N–C) groups is 1. The Morgan fingerprint density at radius 2 is 1.79 bits per heavy atom. The van der Waals surface area contributed by atoms with Crippen LogP contribution in [-0.4, -0.2) is 68.9 Å². The molecule has 34 heavy (non-hydrogen) atoms. The van der Waals surface area contributed by atoms with E-state index in [0.29, 0.717) is 16.7 Å². The summed E-state index contributed by atoms with van der Waals surface area (Å²) in [6, 6.07) is 6.91. The van der Waals surface area contributed by atoms with Crippen LogP contribution in [0.1, 0.15) is 40.9 Å². The van der Waals surface area contributed by atoms with Crippen LogP contribution in [0.2, 0.25) is 5.02 Å². The van der Waals surface area contributed by atoms with Gasteiger partial charge in [0.25, 0.3) is 0 Å². The molecule has 4 heterocycles. The molecule has 2 aliphatic rings. The summed E-state index contributed by atoms with van der Waals surface area (Å²) in [5, 5.41) is 9.32. The number of rotatable bonds is 3. The van der Waals surface area contributed by atoms with Crippen LogP contribution in [0, 0.1) is 13.8 Å². The van der Waals surface area contributed by atoms with Crippen LogP contribution >= 0.6 is 11.6 Å². The molecule has 0 unspecified atom stereocenters. The van der Waals surface area contributed by atoms with Gasteiger partial charge in [-0.3, -0.25) is 14.4 Å². The van der Waals surface area contributed by atoms with E-state index >= 15 is 0 Å². The van der Waals surface area contributed by atoms with E-state index in [-0.39, 0.29) is 36.9 Å². The topological polar surface area (TPSA) is 102 Å². The number of amides is 1. The zero-order valence-electron chi connectivity index (χ0n) is 19.2. The fourth-order valence-electron chi connectivity index (χ4n) is 4.56. The van der Waals surface area contributed by atoms with Gasteiger partial charge >= 0.3 is 0 Å². The Morgan fingerprint density at radius 1 is 1.12 bits per heavy atom. The van der Waals surface area contributed by atoms with Gasteiger partial charge in [-0.2, -0.15) is 0 Å². The molecule has 0 bridgehead atoms. The van der Waals surface area contributed by atoms with Crippen molar-refractivity contribution in [2.75, 3.05) is 24.6 Å². The number of carbonyl (C=O) groups excluding carboxylic acids is 1. The summed E-state index contributed by atoms with van der Waals surface area (Å²) in [5.41, 5.74) is 4.53. The Balaban J connectivity index is 1.61. The molecular weight excluding hydrogens is 476 g/mol. The van der Waals surface area contributed by atoms with Crippen molar-refractivity contribution in [3.05, 3.63) is 64.0 Å². The lowest BCUT2D eigenvalue weighted by Crippen LogP contribution is -2.44. The third-order valence-electron chi connectivity index (χ3n) is 6.56. The Bertz CT molecular complexity index is 1410. The van der Waals surface area contributed by atoms with Gasteiger partial charge in [-0.15, -0.1) is 10.2 Å². The van der Waals surface area contributed by atoms with Gasteiger partial charge in [-0.1, -0.05) is 23.7 Å². The van der Waals surface area contributed by atoms with Crippen molar-refractivity contribution >= 4 is 33.1 Å². The predicted octanol–water partition coefficient (Wildman–Crippen LogP) is 2.42. The molecule has 2 aliphatic heterocycles. The van der Waals surface area contributed by atoms with Crippen LogP contribution in [0.25, 0.3) is 5.69 Å². The highest BCUT2D eigenvalue weighted by Crippen LogP contribution is 2.35. The zero-order valence-corrected chi connectivity index (χ0v) is 20.8. The average Bonchev–Trinajstić information content (AvgIpc) is 3.26. The number of hydrogen-bond donors (Lipinski definition) is 0. The van der Waals surface area contributed by atoms with Crippen LogP contribution in [0.15, 0.2) is 35.5 Å². The normalized spacial score (nSPS) is 19.2. The molecule has 0 saturated carbocycles. The van der Waals surface area contributed by atoms with E-state index < -0.39 is 15.9 Å². The van der Waals surface area contributed by atoms with E-state index in [2.05, 4.69) is 10.2 Å². The van der Waals surface area contributed by atoms with Gasteiger partial charge in [0.1, 0.15) is 11.9 Å². The zero-order chi connectivity index (χ0) is 24.2. The van der Waals surface area contributed by atoms with E-state index in [4.69, 9.17) is 16.6 Å². The number of halogens is 1. The number of aromatic nitrogens is 4. The van der Waals surface area contributed by atoms with Gasteiger partial charge in [-0.25, -0.2) is 8.42 Å². The molecule has 0 N–H and O–H groups in total. The first-order valence-corrected chi connectivity index (χ1v) is 13.2. The molecule has 1 fully saturated rings. The third-order valence-corrected chi connectivity index (χ3v) is 8.42. The SMILES string of the molecule is Cc1c2c(cn1C)-n1c(C)nnc1[C@H](CC(=O)N1CCS(=O)(=O)CC1)N=C2c1ccc(Cl)cc1. The number of fused-ring (bicyclic) bond motifs is 3. The Hall–Kier alpha value is -2.98. The maximum atomic E-state index is 13.2. The van der Waals surface area contributed by atoms with E-state index in [1.807, 2.05) is 60.5 Å². The number of aryl methyl sites for hydroxylation is 2. The number of sulfone groups is 1. The van der Waals surface area contributed by atoms with Crippen LogP contribution in [0.5, 0.6) is 0 Å². The fraction of sp³-hybridized carbons (Fsp3) is 0.391. The summed E-state index contributed by atoms with van der Waals surface area (Å²) in [6.45, 7) is 4.31. The first kappa shape index (κ1) is 22.8. The summed E-state index contributed by atoms with van der Waals surface area (Å²) in [5.74, 6) is 1.13. The maximum absolute atomic E-state index is 13.2. The number of benzene rings is 1. The third kappa shape index (κ3) is 3.94. The minimum absolute atomic E-state index is 0.0106. The molecule has 1 saturated heterocycles. The first-order valence-electron chi connectivity index (χ1n) is 11.0. The highest BCUT2D eigenvalue weighted by Gasteiger charge is 2.34. The smallest absolute Gasteiger partial charge is 0.225 e. The second-order valence-corrected chi connectivity index (χ2v) is 11.5. The molecule has 9 nitrogen and oxygen atoms in total. The molecule has 3 aromatic rings. The van der Waals surface area contributed by atoms with Crippen molar-refractivity contribution in [1.82, 2.24) is 24.2 Å². The second kappa shape index (κ2) is 8.35. The summed E-state index contributed by atoms with van der Waals surface area (Å²) >= 11 is 6.14. The molecule has 1 atom stereocenters. The molecule has 1 aromatic carbocycles. The van der Waals surface area contributed by atoms with E-state index in [0.717, 1.165) is 28.2 Å². The van der Waals surface area contributed by atoms with Crippen LogP contribution in [-0.2, 0) is 21.7 Å². The minimum atomic E-state index is -3.08. The first-order chi connectivity index (χ1) is 16.1. The molecule has 0 spiro atoms. The van der Waals surface area contributed by atoms with Gasteiger partial charge in [0.15, 0.2) is 15.7 Å². The van der Waals surface area contributed by atoms with Gasteiger partial charge < -0.3 is 9.47 Å². The van der Waals surface area contributed by atoms with Crippen molar-refractivity contribution < 1.29 is 13.2 Å². The van der Waals surface area contributed by atoms with E-state index in [1.54, 1.807) is 4.90 Å². The molecule has 11 heteroatoms. The predicted molar refractivity (Wildman–Crippen MR) is 129 cm³/mol. The Kier molecular flexibility index (Phi) is 5.60. The van der Waals surface area contributed by atoms with E-state index in [1.165, 1.54) is 0 Å². The summed E-state index contributed by atoms with van der Waals surface area (Å²) in [7, 11) is -1.10. The fourth-order valence-corrected chi connectivity index (χ4v) is 5.89. The van der Waals surface area contributed by atoms with Crippen LogP contribution in [0.3, 0.4) is 0 Å². The quantitative estimate of drug-likeness (QED) is 0.549. The van der Waals surface area contributed by atoms with Crippen LogP contribution in [0.4, 0.5) is 0 Å². The standard InChI is InChI=1S/C23H25ClN6O3S/c1-14-21-19(13-28(14)3)30-15(2)26-27-23(30)18(25-22(21)16-4-6-17(24)7-5-16)12-20(31)29-8-10-34(32,33)11-9-29/h4-7,13,18H,8-12H2,1-3H3/t18-/m0/s1. The number of hydrogen-bond acceptors (Lipinski definition) is 6. The average molecular weight is 501 g/mol. The molecule has 1 amide bonds. The monoisotopic (exact) mass is 500 g/mol. The van der Waals surface area contributed by atoms with Crippen molar-refractivity contribution in [2.45, 2.75) is 26.3 Å². The highest BCUT2D eigenvalue weighted by atomic mass is 35.5. The van der Waals surface area contributed by atoms with Gasteiger partial charge in [-0.05, 0) is 26.0 Å². The van der Waals surface area contributed by atoms with Crippen molar-refractivity contribution in [2.24, 2.45) is 12.0 Å². The van der Waals surface area contributed by atoms with Crippen molar-refractivity contribution in [3.8, 4) is 5.69 Å². The molecular formula is C23H25ClN6O3S. The summed E-state index contributed by atoms with van der Waals surface area (Å²) in [4.78, 5) is 19.9.